The minimum atomic E-state index is -4.70. The molecule has 0 spiro atoms. The second kappa shape index (κ2) is 60.6. The molecule has 0 saturated carbocycles. The Labute approximate surface area is 502 Å². The highest BCUT2D eigenvalue weighted by Crippen LogP contribution is 2.38. The largest absolute Gasteiger partial charge is 0.756 e. The Balaban J connectivity index is 5.09. The highest BCUT2D eigenvalue weighted by atomic mass is 31.2. The third-order valence-corrected chi connectivity index (χ3v) is 16.1. The van der Waals surface area contributed by atoms with Crippen LogP contribution >= 0.6 is 7.82 Å². The highest BCUT2D eigenvalue weighted by Gasteiger charge is 2.27. The van der Waals surface area contributed by atoms with Gasteiger partial charge in [0.2, 0.25) is 5.91 Å². The number of ether oxygens (including phenoxy) is 1. The Morgan fingerprint density at radius 1 is 0.432 bits per heavy atom. The Morgan fingerprint density at radius 2 is 0.753 bits per heavy atom. The summed E-state index contributed by atoms with van der Waals surface area (Å²) in [4.78, 5) is 40.1. The molecule has 0 bridgehead atoms. The average Bonchev–Trinajstić information content (AvgIpc) is 3.43. The molecule has 0 heterocycles. The van der Waals surface area contributed by atoms with Crippen LogP contribution in [-0.4, -0.2) is 69.4 Å². The third kappa shape index (κ3) is 61.8. The summed E-state index contributed by atoms with van der Waals surface area (Å²) in [7, 11) is 1.18. The minimum absolute atomic E-state index is 0.0251. The molecule has 0 radical (unpaired) electrons. The van der Waals surface area contributed by atoms with Gasteiger partial charge in [0.1, 0.15) is 19.3 Å². The first-order valence-electron chi connectivity index (χ1n) is 34.2. The predicted octanol–water partition coefficient (Wildman–Crippen LogP) is 20.9. The van der Waals surface area contributed by atoms with Gasteiger partial charge < -0.3 is 28.5 Å². The molecule has 0 aliphatic rings. The average molecular weight is 1160 g/mol. The molecule has 0 aliphatic carbocycles. The van der Waals surface area contributed by atoms with E-state index in [-0.39, 0.29) is 24.9 Å². The van der Waals surface area contributed by atoms with Gasteiger partial charge in [0.15, 0.2) is 0 Å². The number of nitrogens with zero attached hydrogens (tertiary/aromatic N) is 1. The number of likely N-dealkylation sites (N-methyl/N-ethyl adjacent to an activating group) is 1. The van der Waals surface area contributed by atoms with Crippen molar-refractivity contribution in [3.63, 3.8) is 0 Å². The molecule has 10 heteroatoms. The highest BCUT2D eigenvalue weighted by molar-refractivity contribution is 7.45. The van der Waals surface area contributed by atoms with Crippen LogP contribution in [0.5, 0.6) is 0 Å². The van der Waals surface area contributed by atoms with E-state index in [1.54, 1.807) is 0 Å². The fraction of sp³-hybridized carbons (Fsp3) is 0.803. The van der Waals surface area contributed by atoms with Crippen LogP contribution in [0.25, 0.3) is 0 Å². The minimum Gasteiger partial charge on any atom is -0.756 e. The fourth-order valence-corrected chi connectivity index (χ4v) is 10.5. The molecule has 0 rings (SSSR count). The number of carbonyl (C=O) groups is 2. The fourth-order valence-electron chi connectivity index (χ4n) is 9.80. The van der Waals surface area contributed by atoms with Crippen LogP contribution < -0.4 is 10.2 Å². The Bertz CT molecular complexity index is 1620. The lowest BCUT2D eigenvalue weighted by Crippen LogP contribution is -2.47. The smallest absolute Gasteiger partial charge is 0.306 e. The van der Waals surface area contributed by atoms with Crippen molar-refractivity contribution in [2.24, 2.45) is 0 Å². The van der Waals surface area contributed by atoms with Crippen molar-refractivity contribution >= 4 is 19.7 Å². The molecular weight excluding hydrogens is 1020 g/mol. The molecule has 81 heavy (non-hydrogen) atoms. The van der Waals surface area contributed by atoms with E-state index in [4.69, 9.17) is 13.8 Å². The zero-order valence-electron chi connectivity index (χ0n) is 54.0. The molecule has 3 unspecified atom stereocenters. The van der Waals surface area contributed by atoms with Crippen molar-refractivity contribution in [2.45, 2.75) is 328 Å². The number of allylic oxidation sites excluding steroid dienone is 11. The van der Waals surface area contributed by atoms with E-state index in [1.807, 2.05) is 33.3 Å². The topological polar surface area (TPSA) is 114 Å². The number of amides is 1. The molecule has 1 amide bonds. The van der Waals surface area contributed by atoms with E-state index in [1.165, 1.54) is 193 Å². The van der Waals surface area contributed by atoms with Gasteiger partial charge in [-0.05, 0) is 102 Å². The normalized spacial score (nSPS) is 14.0. The van der Waals surface area contributed by atoms with Crippen LogP contribution in [0.2, 0.25) is 0 Å². The zero-order chi connectivity index (χ0) is 59.3. The van der Waals surface area contributed by atoms with Crippen molar-refractivity contribution in [2.75, 3.05) is 40.9 Å². The van der Waals surface area contributed by atoms with E-state index in [0.29, 0.717) is 17.4 Å². The summed E-state index contributed by atoms with van der Waals surface area (Å²) in [6.45, 7) is 6.83. The maximum Gasteiger partial charge on any atom is 0.306 e. The maximum absolute atomic E-state index is 13.6. The van der Waals surface area contributed by atoms with Gasteiger partial charge >= 0.3 is 5.97 Å². The molecule has 0 aromatic carbocycles. The summed E-state index contributed by atoms with van der Waals surface area (Å²) in [5, 5.41) is 3.04. The van der Waals surface area contributed by atoms with Gasteiger partial charge in [0.25, 0.3) is 7.82 Å². The van der Waals surface area contributed by atoms with Gasteiger partial charge in [0.05, 0.1) is 33.8 Å². The van der Waals surface area contributed by atoms with E-state index < -0.39 is 26.6 Å². The number of phosphoric ester groups is 1. The number of hydrogen-bond acceptors (Lipinski definition) is 7. The van der Waals surface area contributed by atoms with Crippen LogP contribution in [0, 0.1) is 0 Å². The lowest BCUT2D eigenvalue weighted by Gasteiger charge is -2.30. The summed E-state index contributed by atoms with van der Waals surface area (Å²) < 4.78 is 30.4. The molecule has 3 atom stereocenters. The molecule has 0 aromatic heterocycles. The van der Waals surface area contributed by atoms with Crippen LogP contribution in [0.15, 0.2) is 72.9 Å². The van der Waals surface area contributed by atoms with E-state index >= 15 is 0 Å². The number of esters is 1. The van der Waals surface area contributed by atoms with Crippen molar-refractivity contribution in [3.05, 3.63) is 72.9 Å². The van der Waals surface area contributed by atoms with Crippen molar-refractivity contribution in [1.82, 2.24) is 5.32 Å². The molecule has 1 N–H and O–H groups in total. The number of carbonyl (C=O) groups excluding carboxylic acids is 2. The summed E-state index contributed by atoms with van der Waals surface area (Å²) >= 11 is 0. The second-order valence-corrected chi connectivity index (χ2v) is 25.7. The van der Waals surface area contributed by atoms with Gasteiger partial charge in [-0.2, -0.15) is 0 Å². The molecule has 9 nitrogen and oxygen atoms in total. The van der Waals surface area contributed by atoms with Crippen LogP contribution in [0.3, 0.4) is 0 Å². The Hall–Kier alpha value is -2.55. The summed E-state index contributed by atoms with van der Waals surface area (Å²) in [6, 6.07) is -0.894. The van der Waals surface area contributed by atoms with E-state index in [2.05, 4.69) is 86.8 Å². The summed E-state index contributed by atoms with van der Waals surface area (Å²) in [6.07, 6.45) is 78.7. The molecule has 0 fully saturated rings. The van der Waals surface area contributed by atoms with Crippen LogP contribution in [0.4, 0.5) is 0 Å². The molecular formula is C71H131N2O7P. The molecule has 0 aliphatic heterocycles. The monoisotopic (exact) mass is 1150 g/mol. The third-order valence-electron chi connectivity index (χ3n) is 15.1. The molecule has 472 valence electrons. The van der Waals surface area contributed by atoms with E-state index in [9.17, 15) is 19.0 Å². The van der Waals surface area contributed by atoms with Crippen molar-refractivity contribution in [3.8, 4) is 0 Å². The summed E-state index contributed by atoms with van der Waals surface area (Å²) in [5.74, 6) is -0.544. The van der Waals surface area contributed by atoms with Crippen LogP contribution in [-0.2, 0) is 27.9 Å². The van der Waals surface area contributed by atoms with Gasteiger partial charge in [-0.1, -0.05) is 274 Å². The van der Waals surface area contributed by atoms with Crippen LogP contribution in [0.1, 0.15) is 316 Å². The molecule has 0 aromatic rings. The van der Waals surface area contributed by atoms with Gasteiger partial charge in [0, 0.05) is 12.8 Å². The first-order valence-corrected chi connectivity index (χ1v) is 35.7. The lowest BCUT2D eigenvalue weighted by atomic mass is 10.0. The Morgan fingerprint density at radius 3 is 1.16 bits per heavy atom. The van der Waals surface area contributed by atoms with E-state index in [0.717, 1.165) is 89.9 Å². The SMILES string of the molecule is CCCCC/C=C\C/C=C\C/C=C\C/C=C\CCCCCCCCCCCC(=O)OC(/C=C\CCCCCCCCCCC)C(COP(=O)([O-])OCC[N+](C)(C)C)NC(=O)CCCCCCCCCCC/C=C/CCCCCCCC. The van der Waals surface area contributed by atoms with Gasteiger partial charge in [-0.3, -0.25) is 14.2 Å². The number of unbranched alkanes of at least 4 members (excludes halogenated alkanes) is 36. The number of nitrogens with one attached hydrogen (secondary N) is 1. The number of rotatable bonds is 62. The predicted molar refractivity (Wildman–Crippen MR) is 348 cm³/mol. The van der Waals surface area contributed by atoms with Crippen molar-refractivity contribution < 1.29 is 37.3 Å². The zero-order valence-corrected chi connectivity index (χ0v) is 54.9. The first kappa shape index (κ1) is 78.5. The maximum atomic E-state index is 13.6. The first-order chi connectivity index (χ1) is 39.4. The standard InChI is InChI=1S/C71H131N2O7P/c1-7-10-13-16-19-22-25-27-29-31-33-34-35-36-37-38-40-42-44-46-49-52-55-58-61-64-71(75)80-69(62-59-56-53-50-47-24-21-18-15-12-9-3)68(67-79-81(76,77)78-66-65-73(4,5)6)72-70(74)63-60-57-54-51-48-45-43-41-39-32-30-28-26-23-20-17-14-11-8-2/h19,22,27-30,33-34,36-37,59,62,68-69H,7-18,20-21,23-26,31-32,35,38-58,60-61,63-67H2,1-6H3,(H-,72,74,76,77)/b22-19-,29-27-,30-28+,34-33-,37-36-,62-59-. The summed E-state index contributed by atoms with van der Waals surface area (Å²) in [5.41, 5.74) is 0. The molecule has 0 saturated heterocycles. The lowest BCUT2D eigenvalue weighted by molar-refractivity contribution is -0.870. The number of quaternary nitrogens is 1. The number of hydrogen-bond donors (Lipinski definition) is 1. The van der Waals surface area contributed by atoms with Crippen molar-refractivity contribution in [1.29, 1.82) is 0 Å². The quantitative estimate of drug-likeness (QED) is 0.0212. The second-order valence-electron chi connectivity index (χ2n) is 24.3. The van der Waals surface area contributed by atoms with Gasteiger partial charge in [-0.25, -0.2) is 0 Å². The Kier molecular flexibility index (Phi) is 58.7. The number of phosphoric acid groups is 1. The van der Waals surface area contributed by atoms with Gasteiger partial charge in [-0.15, -0.1) is 0 Å².